The molecule has 66 valence electrons. The number of hydrogen-bond donors (Lipinski definition) is 0. The molecule has 0 bridgehead atoms. The van der Waals surface area contributed by atoms with E-state index in [4.69, 9.17) is 9.78 Å². The van der Waals surface area contributed by atoms with Crippen molar-refractivity contribution in [3.63, 3.8) is 0 Å². The van der Waals surface area contributed by atoms with Gasteiger partial charge in [0.25, 0.3) is 0 Å². The maximum atomic E-state index is 5.00. The Bertz CT molecular complexity index is 124. The summed E-state index contributed by atoms with van der Waals surface area (Å²) in [5.74, 6) is 0. The van der Waals surface area contributed by atoms with Crippen molar-refractivity contribution in [2.24, 2.45) is 0 Å². The monoisotopic (exact) mass is 160 g/mol. The van der Waals surface area contributed by atoms with Crippen molar-refractivity contribution >= 4 is 0 Å². The average Bonchev–Trinajstić information content (AvgIpc) is 1.92. The summed E-state index contributed by atoms with van der Waals surface area (Å²) >= 11 is 0. The van der Waals surface area contributed by atoms with Gasteiger partial charge in [0, 0.05) is 0 Å². The van der Waals surface area contributed by atoms with Gasteiger partial charge in [-0.25, -0.2) is 9.78 Å². The van der Waals surface area contributed by atoms with Gasteiger partial charge in [0.1, 0.15) is 11.2 Å². The van der Waals surface area contributed by atoms with Crippen molar-refractivity contribution in [3.05, 3.63) is 0 Å². The smallest absolute Gasteiger partial charge is 0.101 e. The Labute approximate surface area is 67.5 Å². The van der Waals surface area contributed by atoms with Crippen LogP contribution in [-0.2, 0) is 14.8 Å². The van der Waals surface area contributed by atoms with Crippen LogP contribution in [0.4, 0.5) is 0 Å². The minimum absolute atomic E-state index is 0.228. The van der Waals surface area contributed by atoms with Crippen molar-refractivity contribution in [1.29, 1.82) is 0 Å². The van der Waals surface area contributed by atoms with Crippen LogP contribution in [0.1, 0.15) is 40.5 Å². The topological polar surface area (TPSA) is 27.7 Å². The van der Waals surface area contributed by atoms with E-state index in [-0.39, 0.29) is 11.2 Å². The van der Waals surface area contributed by atoms with Crippen LogP contribution in [0.5, 0.6) is 0 Å². The maximum Gasteiger partial charge on any atom is 0.101 e. The van der Waals surface area contributed by atoms with Gasteiger partial charge in [0.15, 0.2) is 0 Å². The van der Waals surface area contributed by atoms with E-state index in [1.807, 2.05) is 27.7 Å². The van der Waals surface area contributed by atoms with Crippen molar-refractivity contribution in [2.75, 3.05) is 0 Å². The normalized spacial score (nSPS) is 29.5. The Morgan fingerprint density at radius 2 is 1.18 bits per heavy atom. The second-order valence-electron chi connectivity index (χ2n) is 4.25. The lowest BCUT2D eigenvalue weighted by Crippen LogP contribution is -2.23. The van der Waals surface area contributed by atoms with Gasteiger partial charge in [0.2, 0.25) is 0 Å². The van der Waals surface area contributed by atoms with E-state index in [9.17, 15) is 0 Å². The minimum Gasteiger partial charge on any atom is -0.200 e. The Morgan fingerprint density at radius 3 is 1.55 bits per heavy atom. The standard InChI is InChI=1S/C8H16O3/c1-7(2)5-6-8(3,4)10-11-9-7/h5-6H2,1-4H3. The van der Waals surface area contributed by atoms with Gasteiger partial charge in [-0.2, -0.15) is 0 Å². The molecule has 1 heterocycles. The molecule has 1 aliphatic heterocycles. The third kappa shape index (κ3) is 2.77. The molecule has 1 saturated heterocycles. The van der Waals surface area contributed by atoms with E-state index in [1.54, 1.807) is 0 Å². The summed E-state index contributed by atoms with van der Waals surface area (Å²) in [4.78, 5) is 10.0. The summed E-state index contributed by atoms with van der Waals surface area (Å²) in [7, 11) is 0. The third-order valence-corrected chi connectivity index (χ3v) is 1.85. The third-order valence-electron chi connectivity index (χ3n) is 1.85. The molecule has 0 radical (unpaired) electrons. The molecule has 0 N–H and O–H groups in total. The second-order valence-corrected chi connectivity index (χ2v) is 4.25. The van der Waals surface area contributed by atoms with Crippen LogP contribution in [0, 0.1) is 0 Å². The van der Waals surface area contributed by atoms with Crippen molar-refractivity contribution in [3.8, 4) is 0 Å². The largest absolute Gasteiger partial charge is 0.200 e. The SMILES string of the molecule is CC1(C)CCC(C)(C)OOO1. The number of hydrogen-bond acceptors (Lipinski definition) is 3. The molecule has 0 atom stereocenters. The van der Waals surface area contributed by atoms with Crippen LogP contribution in [0.3, 0.4) is 0 Å². The molecule has 0 spiro atoms. The highest BCUT2D eigenvalue weighted by Crippen LogP contribution is 2.29. The summed E-state index contributed by atoms with van der Waals surface area (Å²) in [6.45, 7) is 7.94. The molecule has 0 aliphatic carbocycles. The van der Waals surface area contributed by atoms with Gasteiger partial charge >= 0.3 is 0 Å². The predicted octanol–water partition coefficient (Wildman–Crippen LogP) is 2.22. The molecule has 0 saturated carbocycles. The quantitative estimate of drug-likeness (QED) is 0.508. The summed E-state index contributed by atoms with van der Waals surface area (Å²) in [5.41, 5.74) is -0.457. The Balaban J connectivity index is 2.53. The lowest BCUT2D eigenvalue weighted by Gasteiger charge is -2.19. The molecule has 11 heavy (non-hydrogen) atoms. The Morgan fingerprint density at radius 1 is 0.818 bits per heavy atom. The molecule has 0 aromatic carbocycles. The summed E-state index contributed by atoms with van der Waals surface area (Å²) < 4.78 is 0. The van der Waals surface area contributed by atoms with E-state index in [1.165, 1.54) is 0 Å². The van der Waals surface area contributed by atoms with Crippen LogP contribution < -0.4 is 0 Å². The molecule has 0 aromatic rings. The highest BCUT2D eigenvalue weighted by molar-refractivity contribution is 4.75. The molecule has 3 heteroatoms. The lowest BCUT2D eigenvalue weighted by molar-refractivity contribution is -0.553. The van der Waals surface area contributed by atoms with E-state index in [2.05, 4.69) is 5.04 Å². The van der Waals surface area contributed by atoms with Crippen molar-refractivity contribution in [1.82, 2.24) is 0 Å². The predicted molar refractivity (Wildman–Crippen MR) is 40.6 cm³/mol. The first-order valence-corrected chi connectivity index (χ1v) is 3.95. The molecule has 1 fully saturated rings. The molecular weight excluding hydrogens is 144 g/mol. The molecule has 3 nitrogen and oxygen atoms in total. The fraction of sp³-hybridized carbons (Fsp3) is 1.00. The van der Waals surface area contributed by atoms with Crippen LogP contribution in [0.2, 0.25) is 0 Å². The van der Waals surface area contributed by atoms with E-state index in [0.717, 1.165) is 12.8 Å². The van der Waals surface area contributed by atoms with Crippen LogP contribution in [0.15, 0.2) is 0 Å². The highest BCUT2D eigenvalue weighted by Gasteiger charge is 2.32. The number of rotatable bonds is 0. The summed E-state index contributed by atoms with van der Waals surface area (Å²) in [6.07, 6.45) is 1.89. The Kier molecular flexibility index (Phi) is 2.23. The van der Waals surface area contributed by atoms with E-state index in [0.29, 0.717) is 0 Å². The van der Waals surface area contributed by atoms with Gasteiger partial charge in [-0.3, -0.25) is 0 Å². The van der Waals surface area contributed by atoms with Crippen molar-refractivity contribution < 1.29 is 14.8 Å². The molecule has 1 aliphatic rings. The van der Waals surface area contributed by atoms with Crippen molar-refractivity contribution in [2.45, 2.75) is 51.7 Å². The first kappa shape index (κ1) is 8.97. The average molecular weight is 160 g/mol. The zero-order chi connectivity index (χ0) is 8.54. The van der Waals surface area contributed by atoms with E-state index >= 15 is 0 Å². The molecule has 0 unspecified atom stereocenters. The molecule has 0 amide bonds. The van der Waals surface area contributed by atoms with E-state index < -0.39 is 0 Å². The zero-order valence-electron chi connectivity index (χ0n) is 7.64. The van der Waals surface area contributed by atoms with Gasteiger partial charge in [-0.1, -0.05) is 5.04 Å². The summed E-state index contributed by atoms with van der Waals surface area (Å²) in [6, 6.07) is 0. The molecular formula is C8H16O3. The van der Waals surface area contributed by atoms with Crippen LogP contribution in [0.25, 0.3) is 0 Å². The molecule has 1 rings (SSSR count). The molecule has 0 aromatic heterocycles. The lowest BCUT2D eigenvalue weighted by atomic mass is 9.94. The second kappa shape index (κ2) is 2.73. The van der Waals surface area contributed by atoms with Crippen LogP contribution >= 0.6 is 0 Å². The summed E-state index contributed by atoms with van der Waals surface area (Å²) in [5, 5.41) is 4.62. The van der Waals surface area contributed by atoms with Gasteiger partial charge in [-0.05, 0) is 40.5 Å². The van der Waals surface area contributed by atoms with Gasteiger partial charge in [0.05, 0.1) is 0 Å². The first-order chi connectivity index (χ1) is 4.91. The maximum absolute atomic E-state index is 5.00. The van der Waals surface area contributed by atoms with Gasteiger partial charge < -0.3 is 0 Å². The Hall–Kier alpha value is -0.120. The minimum atomic E-state index is -0.228. The fourth-order valence-corrected chi connectivity index (χ4v) is 0.887. The first-order valence-electron chi connectivity index (χ1n) is 3.95. The fourth-order valence-electron chi connectivity index (χ4n) is 0.887. The zero-order valence-corrected chi connectivity index (χ0v) is 7.64. The highest BCUT2D eigenvalue weighted by atomic mass is 17.5. The van der Waals surface area contributed by atoms with Gasteiger partial charge in [-0.15, -0.1) is 0 Å². The van der Waals surface area contributed by atoms with Crippen LogP contribution in [-0.4, -0.2) is 11.2 Å².